The number of benzene rings is 1. The standard InChI is InChI=1S/C20H20ClN3O3S/c1-24(18(27)10-25)19-14-5-3-2-4-11(14)7-15(19)23-17(26)9-13-6-12-8-16(21)28-20(12)22-13/h2-6,8,15,19,22,25H,7,9-10H2,1H3,(H,23,26)/t15-,19-/m1/s1. The summed E-state index contributed by atoms with van der Waals surface area (Å²) in [4.78, 5) is 30.5. The zero-order valence-electron chi connectivity index (χ0n) is 15.2. The lowest BCUT2D eigenvalue weighted by atomic mass is 10.1. The molecule has 4 rings (SSSR count). The number of likely N-dealkylation sites (N-methyl/N-ethyl adjacent to an activating group) is 1. The van der Waals surface area contributed by atoms with E-state index in [0.29, 0.717) is 10.8 Å². The van der Waals surface area contributed by atoms with Crippen molar-refractivity contribution in [2.24, 2.45) is 0 Å². The number of nitrogens with one attached hydrogen (secondary N) is 2. The number of aliphatic hydroxyl groups excluding tert-OH is 1. The van der Waals surface area contributed by atoms with Gasteiger partial charge in [-0.1, -0.05) is 35.9 Å². The predicted molar refractivity (Wildman–Crippen MR) is 110 cm³/mol. The number of fused-ring (bicyclic) bond motifs is 2. The second-order valence-electron chi connectivity index (χ2n) is 6.99. The van der Waals surface area contributed by atoms with Gasteiger partial charge in [0.1, 0.15) is 11.4 Å². The van der Waals surface area contributed by atoms with Crippen LogP contribution >= 0.6 is 22.9 Å². The van der Waals surface area contributed by atoms with E-state index in [2.05, 4.69) is 10.3 Å². The van der Waals surface area contributed by atoms with E-state index in [0.717, 1.165) is 27.0 Å². The van der Waals surface area contributed by atoms with Crippen LogP contribution in [-0.4, -0.2) is 46.5 Å². The van der Waals surface area contributed by atoms with E-state index in [1.165, 1.54) is 16.2 Å². The molecule has 146 valence electrons. The number of H-pyrrole nitrogens is 1. The molecule has 28 heavy (non-hydrogen) atoms. The third kappa shape index (κ3) is 3.53. The number of carbonyl (C=O) groups is 2. The average Bonchev–Trinajstić information content (AvgIpc) is 3.30. The van der Waals surface area contributed by atoms with Crippen LogP contribution in [0.25, 0.3) is 10.2 Å². The smallest absolute Gasteiger partial charge is 0.248 e. The van der Waals surface area contributed by atoms with E-state index in [-0.39, 0.29) is 30.3 Å². The fraction of sp³-hybridized carbons (Fsp3) is 0.300. The van der Waals surface area contributed by atoms with Crippen molar-refractivity contribution in [1.29, 1.82) is 0 Å². The average molecular weight is 418 g/mol. The van der Waals surface area contributed by atoms with Gasteiger partial charge < -0.3 is 20.3 Å². The summed E-state index contributed by atoms with van der Waals surface area (Å²) in [5.41, 5.74) is 2.93. The van der Waals surface area contributed by atoms with Gasteiger partial charge in [-0.3, -0.25) is 9.59 Å². The molecule has 1 aliphatic rings. The molecule has 0 saturated carbocycles. The highest BCUT2D eigenvalue weighted by Crippen LogP contribution is 2.35. The summed E-state index contributed by atoms with van der Waals surface area (Å²) in [6.45, 7) is -0.558. The van der Waals surface area contributed by atoms with Crippen molar-refractivity contribution in [3.63, 3.8) is 0 Å². The summed E-state index contributed by atoms with van der Waals surface area (Å²) in [5, 5.41) is 13.3. The largest absolute Gasteiger partial charge is 0.387 e. The lowest BCUT2D eigenvalue weighted by molar-refractivity contribution is -0.136. The van der Waals surface area contributed by atoms with Crippen LogP contribution in [0.1, 0.15) is 22.9 Å². The first-order valence-electron chi connectivity index (χ1n) is 8.97. The van der Waals surface area contributed by atoms with E-state index in [1.807, 2.05) is 36.4 Å². The molecule has 8 heteroatoms. The maximum absolute atomic E-state index is 12.7. The van der Waals surface area contributed by atoms with Gasteiger partial charge in [0.25, 0.3) is 0 Å². The van der Waals surface area contributed by atoms with E-state index in [9.17, 15) is 14.7 Å². The van der Waals surface area contributed by atoms with Crippen LogP contribution in [0.15, 0.2) is 36.4 Å². The Morgan fingerprint density at radius 3 is 2.89 bits per heavy atom. The second kappa shape index (κ2) is 7.58. The monoisotopic (exact) mass is 417 g/mol. The first-order chi connectivity index (χ1) is 13.5. The number of hydrogen-bond acceptors (Lipinski definition) is 4. The summed E-state index contributed by atoms with van der Waals surface area (Å²) in [7, 11) is 1.66. The minimum Gasteiger partial charge on any atom is -0.387 e. The van der Waals surface area contributed by atoms with Crippen LogP contribution in [0.5, 0.6) is 0 Å². The van der Waals surface area contributed by atoms with Crippen molar-refractivity contribution in [2.75, 3.05) is 13.7 Å². The van der Waals surface area contributed by atoms with Gasteiger partial charge in [-0.05, 0) is 29.7 Å². The van der Waals surface area contributed by atoms with Crippen LogP contribution in [0, 0.1) is 0 Å². The number of thiophene rings is 1. The van der Waals surface area contributed by atoms with Crippen LogP contribution in [0.3, 0.4) is 0 Å². The molecule has 0 fully saturated rings. The molecule has 3 aromatic rings. The van der Waals surface area contributed by atoms with Gasteiger partial charge in [0, 0.05) is 18.1 Å². The van der Waals surface area contributed by atoms with Gasteiger partial charge in [0.2, 0.25) is 11.8 Å². The van der Waals surface area contributed by atoms with Crippen molar-refractivity contribution in [1.82, 2.24) is 15.2 Å². The number of aliphatic hydroxyl groups is 1. The maximum Gasteiger partial charge on any atom is 0.248 e. The lowest BCUT2D eigenvalue weighted by Crippen LogP contribution is -2.46. The van der Waals surface area contributed by atoms with Gasteiger partial charge in [0.15, 0.2) is 0 Å². The Kier molecular flexibility index (Phi) is 5.14. The molecule has 2 amide bonds. The molecule has 1 aromatic carbocycles. The third-order valence-electron chi connectivity index (χ3n) is 5.17. The van der Waals surface area contributed by atoms with Crippen LogP contribution in [0.2, 0.25) is 4.34 Å². The molecule has 0 unspecified atom stereocenters. The maximum atomic E-state index is 12.7. The highest BCUT2D eigenvalue weighted by atomic mass is 35.5. The SMILES string of the molecule is CN(C(=O)CO)[C@@H]1c2ccccc2C[C@H]1NC(=O)Cc1cc2cc(Cl)sc2[nH]1. The van der Waals surface area contributed by atoms with Gasteiger partial charge >= 0.3 is 0 Å². The zero-order chi connectivity index (χ0) is 19.8. The van der Waals surface area contributed by atoms with Crippen molar-refractivity contribution in [3.8, 4) is 0 Å². The molecule has 2 aromatic heterocycles. The quantitative estimate of drug-likeness (QED) is 0.596. The molecule has 1 aliphatic carbocycles. The Morgan fingerprint density at radius 1 is 1.36 bits per heavy atom. The number of nitrogens with zero attached hydrogens (tertiary/aromatic N) is 1. The van der Waals surface area contributed by atoms with Crippen molar-refractivity contribution < 1.29 is 14.7 Å². The van der Waals surface area contributed by atoms with Gasteiger partial charge in [0.05, 0.1) is 22.8 Å². The van der Waals surface area contributed by atoms with Crippen molar-refractivity contribution in [2.45, 2.75) is 24.9 Å². The summed E-state index contributed by atoms with van der Waals surface area (Å²) in [6.07, 6.45) is 0.862. The second-order valence-corrected chi connectivity index (χ2v) is 8.67. The lowest BCUT2D eigenvalue weighted by Gasteiger charge is -2.30. The molecule has 2 heterocycles. The number of aromatic nitrogens is 1. The minimum atomic E-state index is -0.558. The van der Waals surface area contributed by atoms with E-state index < -0.39 is 6.61 Å². The third-order valence-corrected chi connectivity index (χ3v) is 6.37. The normalized spacial score (nSPS) is 18.2. The molecule has 2 atom stereocenters. The first-order valence-corrected chi connectivity index (χ1v) is 10.2. The zero-order valence-corrected chi connectivity index (χ0v) is 16.8. The molecular weight excluding hydrogens is 398 g/mol. The van der Waals surface area contributed by atoms with Gasteiger partial charge in [-0.2, -0.15) is 0 Å². The topological polar surface area (TPSA) is 85.4 Å². The van der Waals surface area contributed by atoms with Crippen molar-refractivity contribution >= 4 is 45.0 Å². The summed E-state index contributed by atoms with van der Waals surface area (Å²) in [6, 6.07) is 11.1. The molecule has 6 nitrogen and oxygen atoms in total. The number of amides is 2. The van der Waals surface area contributed by atoms with Gasteiger partial charge in [-0.25, -0.2) is 0 Å². The summed E-state index contributed by atoms with van der Waals surface area (Å²) >= 11 is 7.44. The molecule has 3 N–H and O–H groups in total. The van der Waals surface area contributed by atoms with Crippen LogP contribution in [0.4, 0.5) is 0 Å². The van der Waals surface area contributed by atoms with Crippen LogP contribution < -0.4 is 5.32 Å². The predicted octanol–water partition coefficient (Wildman–Crippen LogP) is 2.66. The molecule has 0 bridgehead atoms. The number of rotatable bonds is 5. The number of hydrogen-bond donors (Lipinski definition) is 3. The number of carbonyl (C=O) groups excluding carboxylic acids is 2. The summed E-state index contributed by atoms with van der Waals surface area (Å²) < 4.78 is 0.709. The Morgan fingerprint density at radius 2 is 2.14 bits per heavy atom. The fourth-order valence-electron chi connectivity index (χ4n) is 3.92. The fourth-order valence-corrected chi connectivity index (χ4v) is 5.07. The van der Waals surface area contributed by atoms with Crippen molar-refractivity contribution in [3.05, 3.63) is 57.6 Å². The van der Waals surface area contributed by atoms with E-state index >= 15 is 0 Å². The molecule has 0 saturated heterocycles. The molecule has 0 aliphatic heterocycles. The van der Waals surface area contributed by atoms with Crippen LogP contribution in [-0.2, 0) is 22.4 Å². The Labute approximate surface area is 171 Å². The Balaban J connectivity index is 1.51. The highest BCUT2D eigenvalue weighted by Gasteiger charge is 2.37. The highest BCUT2D eigenvalue weighted by molar-refractivity contribution is 7.22. The molecular formula is C20H20ClN3O3S. The number of halogens is 1. The Hall–Kier alpha value is -2.35. The van der Waals surface area contributed by atoms with E-state index in [1.54, 1.807) is 7.05 Å². The minimum absolute atomic E-state index is 0.118. The van der Waals surface area contributed by atoms with E-state index in [4.69, 9.17) is 11.6 Å². The first kappa shape index (κ1) is 19.0. The summed E-state index contributed by atoms with van der Waals surface area (Å²) in [5.74, 6) is -0.491. The number of aromatic amines is 1. The molecule has 0 spiro atoms. The van der Waals surface area contributed by atoms with Gasteiger partial charge in [-0.15, -0.1) is 11.3 Å². The molecule has 0 radical (unpaired) electrons. The Bertz CT molecular complexity index is 1010.